The Hall–Kier alpha value is -2.23. The van der Waals surface area contributed by atoms with E-state index in [2.05, 4.69) is 15.0 Å². The Morgan fingerprint density at radius 2 is 2.19 bits per heavy atom. The number of anilines is 1. The van der Waals surface area contributed by atoms with Crippen LogP contribution in [0.15, 0.2) is 12.5 Å². The summed E-state index contributed by atoms with van der Waals surface area (Å²) < 4.78 is 5.47. The molecule has 1 aliphatic rings. The lowest BCUT2D eigenvalue weighted by molar-refractivity contribution is -0.159. The van der Waals surface area contributed by atoms with Gasteiger partial charge in [-0.3, -0.25) is 4.79 Å². The lowest BCUT2D eigenvalue weighted by atomic mass is 9.96. The number of fused-ring (bicyclic) bond motifs is 1. The first-order valence-electron chi connectivity index (χ1n) is 8.67. The summed E-state index contributed by atoms with van der Waals surface area (Å²) in [7, 11) is 0. The number of nitrogens with zero attached hydrogens (tertiary/aromatic N) is 2. The number of aliphatic hydroxyl groups is 2. The zero-order chi connectivity index (χ0) is 19.0. The maximum atomic E-state index is 12.2. The number of ether oxygens (including phenoxy) is 1. The molecule has 2 aromatic heterocycles. The molecule has 0 saturated heterocycles. The summed E-state index contributed by atoms with van der Waals surface area (Å²) in [6, 6.07) is -0.777. The Labute approximate surface area is 150 Å². The number of nitrogen functional groups attached to an aromatic ring is 1. The van der Waals surface area contributed by atoms with Gasteiger partial charge in [0.2, 0.25) is 0 Å². The Kier molecular flexibility index (Phi) is 5.12. The minimum Gasteiger partial charge on any atom is -0.458 e. The number of carbonyl (C=O) groups excluding carboxylic acids is 1. The fourth-order valence-corrected chi connectivity index (χ4v) is 3.51. The van der Waals surface area contributed by atoms with Crippen molar-refractivity contribution in [2.24, 2.45) is 17.6 Å². The van der Waals surface area contributed by atoms with Crippen molar-refractivity contribution >= 4 is 22.8 Å². The third kappa shape index (κ3) is 3.13. The average Bonchev–Trinajstić information content (AvgIpc) is 3.17. The highest BCUT2D eigenvalue weighted by atomic mass is 16.6. The van der Waals surface area contributed by atoms with Crippen LogP contribution in [0.2, 0.25) is 0 Å². The molecular weight excluding hydrogens is 338 g/mol. The Morgan fingerprint density at radius 3 is 2.85 bits per heavy atom. The zero-order valence-electron chi connectivity index (χ0n) is 14.8. The number of aliphatic hydroxyl groups excluding tert-OH is 2. The molecular formula is C17H25N5O4. The van der Waals surface area contributed by atoms with Crippen molar-refractivity contribution in [3.05, 3.63) is 18.1 Å². The molecule has 2 aromatic rings. The molecule has 7 N–H and O–H groups in total. The van der Waals surface area contributed by atoms with E-state index in [1.807, 2.05) is 13.8 Å². The number of hydrogen-bond acceptors (Lipinski definition) is 8. The molecule has 1 fully saturated rings. The van der Waals surface area contributed by atoms with Crippen molar-refractivity contribution in [3.8, 4) is 0 Å². The summed E-state index contributed by atoms with van der Waals surface area (Å²) in [4.78, 5) is 23.4. The van der Waals surface area contributed by atoms with E-state index in [4.69, 9.17) is 16.2 Å². The predicted octanol–water partition coefficient (Wildman–Crippen LogP) is -0.108. The van der Waals surface area contributed by atoms with Gasteiger partial charge in [-0.1, -0.05) is 13.8 Å². The molecule has 9 nitrogen and oxygen atoms in total. The topological polar surface area (TPSA) is 160 Å². The normalized spacial score (nSPS) is 27.2. The molecule has 1 aliphatic carbocycles. The highest BCUT2D eigenvalue weighted by molar-refractivity contribution is 5.87. The molecule has 9 heteroatoms. The fourth-order valence-electron chi connectivity index (χ4n) is 3.51. The van der Waals surface area contributed by atoms with E-state index in [0.29, 0.717) is 23.3 Å². The van der Waals surface area contributed by atoms with Gasteiger partial charge in [0.1, 0.15) is 24.0 Å². The maximum Gasteiger partial charge on any atom is 0.323 e. The van der Waals surface area contributed by atoms with Gasteiger partial charge in [-0.25, -0.2) is 9.97 Å². The van der Waals surface area contributed by atoms with Gasteiger partial charge in [-0.05, 0) is 12.3 Å². The van der Waals surface area contributed by atoms with Gasteiger partial charge in [0.05, 0.1) is 11.6 Å². The number of esters is 1. The van der Waals surface area contributed by atoms with Crippen molar-refractivity contribution in [2.75, 3.05) is 12.3 Å². The van der Waals surface area contributed by atoms with Gasteiger partial charge < -0.3 is 31.4 Å². The zero-order valence-corrected chi connectivity index (χ0v) is 14.8. The number of nitrogens with two attached hydrogens (primary N) is 2. The summed E-state index contributed by atoms with van der Waals surface area (Å²) >= 11 is 0. The first-order valence-corrected chi connectivity index (χ1v) is 8.67. The number of aromatic nitrogens is 3. The summed E-state index contributed by atoms with van der Waals surface area (Å²) in [6.45, 7) is 3.43. The van der Waals surface area contributed by atoms with Crippen LogP contribution in [0.4, 0.5) is 5.82 Å². The van der Waals surface area contributed by atoms with E-state index in [1.165, 1.54) is 6.33 Å². The maximum absolute atomic E-state index is 12.2. The van der Waals surface area contributed by atoms with E-state index in [1.54, 1.807) is 6.20 Å². The molecule has 0 unspecified atom stereocenters. The van der Waals surface area contributed by atoms with Crippen LogP contribution >= 0.6 is 0 Å². The van der Waals surface area contributed by atoms with Gasteiger partial charge in [0.15, 0.2) is 5.82 Å². The minimum atomic E-state index is -0.981. The van der Waals surface area contributed by atoms with Crippen molar-refractivity contribution in [1.82, 2.24) is 15.0 Å². The van der Waals surface area contributed by atoms with Crippen molar-refractivity contribution in [1.29, 1.82) is 0 Å². The second-order valence-electron chi connectivity index (χ2n) is 7.17. The Bertz CT molecular complexity index is 793. The second-order valence-corrected chi connectivity index (χ2v) is 7.17. The van der Waals surface area contributed by atoms with E-state index >= 15 is 0 Å². The van der Waals surface area contributed by atoms with E-state index in [-0.39, 0.29) is 24.4 Å². The molecule has 142 valence electrons. The Balaban J connectivity index is 1.86. The minimum absolute atomic E-state index is 0.0855. The number of nitrogens with one attached hydrogen (secondary N) is 1. The molecule has 3 rings (SSSR count). The summed E-state index contributed by atoms with van der Waals surface area (Å²) in [5, 5.41) is 20.5. The molecule has 0 aliphatic heterocycles. The first-order chi connectivity index (χ1) is 12.3. The smallest absolute Gasteiger partial charge is 0.323 e. The van der Waals surface area contributed by atoms with Gasteiger partial charge in [-0.15, -0.1) is 0 Å². The molecule has 0 radical (unpaired) electrons. The fraction of sp³-hybridized carbons (Fsp3) is 0.588. The van der Waals surface area contributed by atoms with Crippen LogP contribution < -0.4 is 11.5 Å². The quantitative estimate of drug-likeness (QED) is 0.460. The number of carbonyl (C=O) groups is 1. The van der Waals surface area contributed by atoms with Crippen LogP contribution in [0, 0.1) is 11.8 Å². The Morgan fingerprint density at radius 1 is 1.46 bits per heavy atom. The summed E-state index contributed by atoms with van der Waals surface area (Å²) in [5.41, 5.74) is 13.6. The highest BCUT2D eigenvalue weighted by Crippen LogP contribution is 2.42. The highest BCUT2D eigenvalue weighted by Gasteiger charge is 2.46. The predicted molar refractivity (Wildman–Crippen MR) is 94.9 cm³/mol. The van der Waals surface area contributed by atoms with Crippen molar-refractivity contribution in [3.63, 3.8) is 0 Å². The lowest BCUT2D eigenvalue weighted by Gasteiger charge is -2.24. The van der Waals surface area contributed by atoms with Crippen LogP contribution in [0.1, 0.15) is 31.7 Å². The van der Waals surface area contributed by atoms with Gasteiger partial charge in [0.25, 0.3) is 0 Å². The van der Waals surface area contributed by atoms with Gasteiger partial charge >= 0.3 is 5.97 Å². The largest absolute Gasteiger partial charge is 0.458 e. The van der Waals surface area contributed by atoms with Gasteiger partial charge in [-0.2, -0.15) is 0 Å². The monoisotopic (exact) mass is 363 g/mol. The molecule has 0 bridgehead atoms. The van der Waals surface area contributed by atoms with Crippen LogP contribution in [0.3, 0.4) is 0 Å². The number of rotatable bonds is 5. The van der Waals surface area contributed by atoms with E-state index in [0.717, 1.165) is 5.56 Å². The lowest BCUT2D eigenvalue weighted by Crippen LogP contribution is -2.43. The average molecular weight is 363 g/mol. The van der Waals surface area contributed by atoms with Crippen molar-refractivity contribution in [2.45, 2.75) is 44.4 Å². The van der Waals surface area contributed by atoms with Crippen molar-refractivity contribution < 1.29 is 19.7 Å². The van der Waals surface area contributed by atoms with Gasteiger partial charge in [0, 0.05) is 30.2 Å². The number of hydrogen-bond donors (Lipinski definition) is 5. The van der Waals surface area contributed by atoms with Crippen LogP contribution in [0.25, 0.3) is 11.0 Å². The molecule has 2 heterocycles. The van der Waals surface area contributed by atoms with E-state index < -0.39 is 24.2 Å². The van der Waals surface area contributed by atoms with Crippen LogP contribution in [-0.4, -0.2) is 56.0 Å². The standard InChI is InChI=1S/C17H25N5O4/c1-7(2)11(18)17(25)26-15-8(5-23)3-9(14(15)24)10-4-20-13-12(10)21-6-22-16(13)19/h4,6-9,11,14-15,20,23-24H,3,5,18H2,1-2H3,(H2,19,21,22)/t8-,9+,11+,14+,15-/m1/s1. The molecule has 0 amide bonds. The van der Waals surface area contributed by atoms with E-state index in [9.17, 15) is 15.0 Å². The molecule has 5 atom stereocenters. The number of H-pyrrole nitrogens is 1. The summed E-state index contributed by atoms with van der Waals surface area (Å²) in [6.07, 6.45) is 1.72. The third-order valence-corrected chi connectivity index (χ3v) is 5.17. The van der Waals surface area contributed by atoms with Crippen LogP contribution in [0.5, 0.6) is 0 Å². The number of aromatic amines is 1. The summed E-state index contributed by atoms with van der Waals surface area (Å²) in [5.74, 6) is -1.09. The van der Waals surface area contributed by atoms with Crippen LogP contribution in [-0.2, 0) is 9.53 Å². The second kappa shape index (κ2) is 7.18. The third-order valence-electron chi connectivity index (χ3n) is 5.17. The first kappa shape index (κ1) is 18.6. The molecule has 0 aromatic carbocycles. The molecule has 1 saturated carbocycles. The molecule has 26 heavy (non-hydrogen) atoms. The SMILES string of the molecule is CC(C)[C@H](N)C(=O)O[C@@H]1[C@@H](CO)C[C@@H](c2c[nH]c3c(N)ncnc23)[C@@H]1O. The molecule has 0 spiro atoms.